The fraction of sp³-hybridized carbons (Fsp3) is 0.846. The summed E-state index contributed by atoms with van der Waals surface area (Å²) >= 11 is 0. The van der Waals surface area contributed by atoms with Gasteiger partial charge in [-0.3, -0.25) is 0 Å². The Kier molecular flexibility index (Phi) is 4.58. The quantitative estimate of drug-likeness (QED) is 0.870. The summed E-state index contributed by atoms with van der Waals surface area (Å²) < 4.78 is 5.45. The molecule has 1 aromatic rings. The van der Waals surface area contributed by atoms with Gasteiger partial charge in [0.15, 0.2) is 0 Å². The van der Waals surface area contributed by atoms with Crippen LogP contribution in [0.5, 0.6) is 0 Å². The first-order valence-corrected chi connectivity index (χ1v) is 7.02. The molecular formula is C13H24N4O. The molecule has 2 unspecified atom stereocenters. The first kappa shape index (κ1) is 13.3. The highest BCUT2D eigenvalue weighted by atomic mass is 16.5. The van der Waals surface area contributed by atoms with Crippen LogP contribution in [0.25, 0.3) is 0 Å². The van der Waals surface area contributed by atoms with E-state index in [0.29, 0.717) is 12.0 Å². The van der Waals surface area contributed by atoms with Crippen molar-refractivity contribution in [2.45, 2.75) is 51.5 Å². The van der Waals surface area contributed by atoms with Crippen LogP contribution in [0.3, 0.4) is 0 Å². The van der Waals surface area contributed by atoms with Crippen LogP contribution in [0.2, 0.25) is 0 Å². The van der Waals surface area contributed by atoms with Crippen molar-refractivity contribution in [1.82, 2.24) is 15.5 Å². The fourth-order valence-electron chi connectivity index (χ4n) is 2.54. The van der Waals surface area contributed by atoms with Crippen molar-refractivity contribution in [1.29, 1.82) is 0 Å². The normalized spacial score (nSPS) is 19.8. The third-order valence-corrected chi connectivity index (χ3v) is 3.89. The predicted octanol–water partition coefficient (Wildman–Crippen LogP) is 2.16. The number of hydrogen-bond donors (Lipinski definition) is 1. The van der Waals surface area contributed by atoms with Gasteiger partial charge in [0.05, 0.1) is 5.92 Å². The zero-order valence-electron chi connectivity index (χ0n) is 11.6. The van der Waals surface area contributed by atoms with Gasteiger partial charge in [-0.05, 0) is 44.8 Å². The minimum atomic E-state index is 0.293. The van der Waals surface area contributed by atoms with Crippen LogP contribution in [0.15, 0.2) is 4.52 Å². The van der Waals surface area contributed by atoms with Crippen molar-refractivity contribution in [2.75, 3.05) is 25.0 Å². The summed E-state index contributed by atoms with van der Waals surface area (Å²) in [5, 5.41) is 7.40. The average Bonchev–Trinajstić information content (AvgIpc) is 2.90. The maximum absolute atomic E-state index is 5.45. The molecule has 1 N–H and O–H groups in total. The van der Waals surface area contributed by atoms with E-state index in [0.717, 1.165) is 31.3 Å². The minimum Gasteiger partial charge on any atom is -0.338 e. The largest absolute Gasteiger partial charge is 0.338 e. The Labute approximate surface area is 109 Å². The molecule has 1 aliphatic rings. The van der Waals surface area contributed by atoms with Crippen LogP contribution in [0.4, 0.5) is 5.95 Å². The topological polar surface area (TPSA) is 54.2 Å². The standard InChI is InChI=1S/C13H24N4O/c1-4-11(10(2)14-3)12-15-13(16-18-12)17-8-6-5-7-9-17/h10-11,14H,4-9H2,1-3H3. The van der Waals surface area contributed by atoms with Gasteiger partial charge >= 0.3 is 0 Å². The molecule has 1 aromatic heterocycles. The molecule has 2 heterocycles. The van der Waals surface area contributed by atoms with Crippen LogP contribution in [0.1, 0.15) is 51.3 Å². The number of rotatable bonds is 5. The van der Waals surface area contributed by atoms with Crippen LogP contribution >= 0.6 is 0 Å². The van der Waals surface area contributed by atoms with E-state index < -0.39 is 0 Å². The zero-order chi connectivity index (χ0) is 13.0. The van der Waals surface area contributed by atoms with Crippen molar-refractivity contribution in [3.63, 3.8) is 0 Å². The van der Waals surface area contributed by atoms with Gasteiger partial charge in [-0.1, -0.05) is 6.92 Å². The Hall–Kier alpha value is -1.10. The first-order chi connectivity index (χ1) is 8.76. The molecule has 0 aromatic carbocycles. The van der Waals surface area contributed by atoms with Gasteiger partial charge in [0.25, 0.3) is 5.95 Å². The van der Waals surface area contributed by atoms with Crippen molar-refractivity contribution in [2.24, 2.45) is 0 Å². The molecule has 2 rings (SSSR count). The summed E-state index contributed by atoms with van der Waals surface area (Å²) in [6, 6.07) is 0.352. The van der Waals surface area contributed by atoms with E-state index in [1.54, 1.807) is 0 Å². The van der Waals surface area contributed by atoms with E-state index in [9.17, 15) is 0 Å². The van der Waals surface area contributed by atoms with Gasteiger partial charge < -0.3 is 14.7 Å². The fourth-order valence-corrected chi connectivity index (χ4v) is 2.54. The average molecular weight is 252 g/mol. The first-order valence-electron chi connectivity index (χ1n) is 7.02. The van der Waals surface area contributed by atoms with Crippen molar-refractivity contribution < 1.29 is 4.52 Å². The molecule has 1 saturated heterocycles. The maximum atomic E-state index is 5.45. The third kappa shape index (κ3) is 2.83. The van der Waals surface area contributed by atoms with Gasteiger partial charge in [-0.2, -0.15) is 4.98 Å². The number of piperidine rings is 1. The number of nitrogens with zero attached hydrogens (tertiary/aromatic N) is 3. The minimum absolute atomic E-state index is 0.293. The lowest BCUT2D eigenvalue weighted by atomic mass is 9.98. The highest BCUT2D eigenvalue weighted by Crippen LogP contribution is 2.24. The summed E-state index contributed by atoms with van der Waals surface area (Å²) in [6.07, 6.45) is 4.78. The molecule has 5 heteroatoms. The molecule has 1 aliphatic heterocycles. The summed E-state index contributed by atoms with van der Waals surface area (Å²) in [5.41, 5.74) is 0. The van der Waals surface area contributed by atoms with E-state index in [4.69, 9.17) is 4.52 Å². The second-order valence-electron chi connectivity index (χ2n) is 5.07. The maximum Gasteiger partial charge on any atom is 0.266 e. The van der Waals surface area contributed by atoms with Crippen LogP contribution in [0, 0.1) is 0 Å². The lowest BCUT2D eigenvalue weighted by Crippen LogP contribution is -2.31. The molecular weight excluding hydrogens is 228 g/mol. The second-order valence-corrected chi connectivity index (χ2v) is 5.07. The number of aromatic nitrogens is 2. The van der Waals surface area contributed by atoms with E-state index >= 15 is 0 Å². The summed E-state index contributed by atoms with van der Waals surface area (Å²) in [6.45, 7) is 6.41. The smallest absolute Gasteiger partial charge is 0.266 e. The monoisotopic (exact) mass is 252 g/mol. The molecule has 1 fully saturated rings. The SMILES string of the molecule is CCC(c1nc(N2CCCCC2)no1)C(C)NC. The highest BCUT2D eigenvalue weighted by Gasteiger charge is 2.24. The molecule has 0 radical (unpaired) electrons. The van der Waals surface area contributed by atoms with E-state index in [1.807, 2.05) is 7.05 Å². The number of anilines is 1. The molecule has 18 heavy (non-hydrogen) atoms. The highest BCUT2D eigenvalue weighted by molar-refractivity contribution is 5.28. The van der Waals surface area contributed by atoms with Gasteiger partial charge in [-0.25, -0.2) is 0 Å². The van der Waals surface area contributed by atoms with E-state index in [-0.39, 0.29) is 0 Å². The van der Waals surface area contributed by atoms with Gasteiger partial charge in [0.2, 0.25) is 5.89 Å². The zero-order valence-corrected chi connectivity index (χ0v) is 11.6. The Morgan fingerprint density at radius 3 is 2.67 bits per heavy atom. The number of hydrogen-bond acceptors (Lipinski definition) is 5. The van der Waals surface area contributed by atoms with E-state index in [1.165, 1.54) is 19.3 Å². The molecule has 0 aliphatic carbocycles. The summed E-state index contributed by atoms with van der Waals surface area (Å²) in [5.74, 6) is 1.83. The number of likely N-dealkylation sites (N-methyl/N-ethyl adjacent to an activating group) is 1. The lowest BCUT2D eigenvalue weighted by Gasteiger charge is -2.24. The molecule has 0 amide bonds. The van der Waals surface area contributed by atoms with Crippen molar-refractivity contribution in [3.05, 3.63) is 5.89 Å². The number of nitrogens with one attached hydrogen (secondary N) is 1. The Morgan fingerprint density at radius 2 is 2.06 bits per heavy atom. The van der Waals surface area contributed by atoms with Crippen molar-refractivity contribution in [3.8, 4) is 0 Å². The molecule has 0 saturated carbocycles. The van der Waals surface area contributed by atoms with Crippen LogP contribution in [-0.2, 0) is 0 Å². The molecule has 2 atom stereocenters. The van der Waals surface area contributed by atoms with Crippen LogP contribution < -0.4 is 10.2 Å². The van der Waals surface area contributed by atoms with Gasteiger partial charge in [0.1, 0.15) is 0 Å². The molecule has 5 nitrogen and oxygen atoms in total. The third-order valence-electron chi connectivity index (χ3n) is 3.89. The Bertz CT molecular complexity index is 360. The van der Waals surface area contributed by atoms with Crippen molar-refractivity contribution >= 4 is 5.95 Å². The molecule has 102 valence electrons. The summed E-state index contributed by atoms with van der Waals surface area (Å²) in [7, 11) is 1.97. The lowest BCUT2D eigenvalue weighted by molar-refractivity contribution is 0.321. The second kappa shape index (κ2) is 6.18. The van der Waals surface area contributed by atoms with Gasteiger partial charge in [-0.15, -0.1) is 0 Å². The molecule has 0 bridgehead atoms. The molecule has 0 spiro atoms. The Morgan fingerprint density at radius 1 is 1.33 bits per heavy atom. The van der Waals surface area contributed by atoms with Crippen LogP contribution in [-0.4, -0.2) is 36.3 Å². The van der Waals surface area contributed by atoms with Gasteiger partial charge in [0, 0.05) is 19.1 Å². The summed E-state index contributed by atoms with van der Waals surface area (Å²) in [4.78, 5) is 6.81. The Balaban J connectivity index is 2.08. The predicted molar refractivity (Wildman–Crippen MR) is 71.9 cm³/mol. The van der Waals surface area contributed by atoms with E-state index in [2.05, 4.69) is 34.2 Å².